The van der Waals surface area contributed by atoms with Crippen LogP contribution >= 0.6 is 22.7 Å². The molecule has 16 heavy (non-hydrogen) atoms. The SMILES string of the molecule is Nc1nc(-c2ccc(CC(=O)NO)s2)cs1. The van der Waals surface area contributed by atoms with Crippen LogP contribution in [-0.4, -0.2) is 16.1 Å². The first-order valence-electron chi connectivity index (χ1n) is 4.42. The van der Waals surface area contributed by atoms with Gasteiger partial charge in [-0.3, -0.25) is 10.0 Å². The average Bonchev–Trinajstić information content (AvgIpc) is 2.87. The minimum absolute atomic E-state index is 0.167. The molecule has 0 bridgehead atoms. The van der Waals surface area contributed by atoms with E-state index in [1.165, 1.54) is 22.7 Å². The lowest BCUT2D eigenvalue weighted by atomic mass is 10.3. The summed E-state index contributed by atoms with van der Waals surface area (Å²) >= 11 is 2.84. The second-order valence-corrected chi connectivity index (χ2v) is 5.11. The van der Waals surface area contributed by atoms with Crippen molar-refractivity contribution in [3.05, 3.63) is 22.4 Å². The highest BCUT2D eigenvalue weighted by Gasteiger charge is 2.08. The molecule has 1 amide bonds. The van der Waals surface area contributed by atoms with Gasteiger partial charge in [-0.2, -0.15) is 0 Å². The Labute approximate surface area is 99.5 Å². The van der Waals surface area contributed by atoms with Gasteiger partial charge in [0.05, 0.1) is 17.0 Å². The number of thiazole rings is 1. The second-order valence-electron chi connectivity index (χ2n) is 3.05. The number of nitrogens with one attached hydrogen (secondary N) is 1. The van der Waals surface area contributed by atoms with Gasteiger partial charge >= 0.3 is 0 Å². The zero-order valence-corrected chi connectivity index (χ0v) is 9.77. The van der Waals surface area contributed by atoms with Gasteiger partial charge in [0.1, 0.15) is 0 Å². The number of nitrogen functional groups attached to an aromatic ring is 1. The highest BCUT2D eigenvalue weighted by Crippen LogP contribution is 2.29. The third-order valence-electron chi connectivity index (χ3n) is 1.90. The molecule has 5 nitrogen and oxygen atoms in total. The maximum atomic E-state index is 10.9. The molecule has 2 rings (SSSR count). The van der Waals surface area contributed by atoms with Crippen molar-refractivity contribution in [1.29, 1.82) is 0 Å². The van der Waals surface area contributed by atoms with Crippen LogP contribution in [0.5, 0.6) is 0 Å². The van der Waals surface area contributed by atoms with Crippen molar-refractivity contribution in [3.63, 3.8) is 0 Å². The fourth-order valence-electron chi connectivity index (χ4n) is 1.21. The molecule has 2 aromatic heterocycles. The van der Waals surface area contributed by atoms with Gasteiger partial charge in [-0.15, -0.1) is 22.7 Å². The van der Waals surface area contributed by atoms with Crippen molar-refractivity contribution >= 4 is 33.7 Å². The van der Waals surface area contributed by atoms with Crippen LogP contribution in [0.1, 0.15) is 4.88 Å². The highest BCUT2D eigenvalue weighted by atomic mass is 32.1. The summed E-state index contributed by atoms with van der Waals surface area (Å²) in [6, 6.07) is 3.73. The van der Waals surface area contributed by atoms with Crippen LogP contribution in [0.15, 0.2) is 17.5 Å². The summed E-state index contributed by atoms with van der Waals surface area (Å²) in [5, 5.41) is 10.8. The van der Waals surface area contributed by atoms with Gasteiger partial charge in [0.15, 0.2) is 5.13 Å². The van der Waals surface area contributed by atoms with Gasteiger partial charge in [-0.05, 0) is 12.1 Å². The normalized spacial score (nSPS) is 10.3. The van der Waals surface area contributed by atoms with Crippen molar-refractivity contribution in [2.24, 2.45) is 0 Å². The van der Waals surface area contributed by atoms with Gasteiger partial charge in [-0.1, -0.05) is 0 Å². The minimum Gasteiger partial charge on any atom is -0.375 e. The molecule has 2 aromatic rings. The Morgan fingerprint density at radius 3 is 3.00 bits per heavy atom. The first kappa shape index (κ1) is 11.1. The summed E-state index contributed by atoms with van der Waals surface area (Å²) in [5.74, 6) is -0.425. The summed E-state index contributed by atoms with van der Waals surface area (Å²) < 4.78 is 0. The topological polar surface area (TPSA) is 88.2 Å². The Morgan fingerprint density at radius 2 is 2.38 bits per heavy atom. The largest absolute Gasteiger partial charge is 0.375 e. The molecular formula is C9H9N3O2S2. The number of aromatic nitrogens is 1. The van der Waals surface area contributed by atoms with Crippen LogP contribution < -0.4 is 11.2 Å². The zero-order chi connectivity index (χ0) is 11.5. The van der Waals surface area contributed by atoms with Crippen LogP contribution in [0.25, 0.3) is 10.6 Å². The van der Waals surface area contributed by atoms with E-state index in [1.807, 2.05) is 17.5 Å². The number of rotatable bonds is 3. The number of hydrogen-bond acceptors (Lipinski definition) is 6. The molecule has 7 heteroatoms. The molecule has 0 fully saturated rings. The molecule has 0 radical (unpaired) electrons. The van der Waals surface area contributed by atoms with Crippen LogP contribution in [0.4, 0.5) is 5.13 Å². The first-order valence-corrected chi connectivity index (χ1v) is 6.11. The third kappa shape index (κ3) is 2.38. The van der Waals surface area contributed by atoms with E-state index in [1.54, 1.807) is 5.48 Å². The molecule has 0 aliphatic heterocycles. The number of hydrogen-bond donors (Lipinski definition) is 3. The second kappa shape index (κ2) is 4.60. The Bertz CT molecular complexity index is 506. The average molecular weight is 255 g/mol. The monoisotopic (exact) mass is 255 g/mol. The smallest absolute Gasteiger partial charge is 0.248 e. The Morgan fingerprint density at radius 1 is 1.56 bits per heavy atom. The van der Waals surface area contributed by atoms with Crippen molar-refractivity contribution < 1.29 is 10.0 Å². The molecular weight excluding hydrogens is 246 g/mol. The molecule has 0 aromatic carbocycles. The zero-order valence-electron chi connectivity index (χ0n) is 8.14. The highest BCUT2D eigenvalue weighted by molar-refractivity contribution is 7.17. The number of thiophene rings is 1. The molecule has 0 saturated carbocycles. The molecule has 0 saturated heterocycles. The van der Waals surface area contributed by atoms with E-state index in [-0.39, 0.29) is 6.42 Å². The molecule has 0 aliphatic rings. The number of nitrogens with zero attached hydrogens (tertiary/aromatic N) is 1. The number of nitrogens with two attached hydrogens (primary N) is 1. The summed E-state index contributed by atoms with van der Waals surface area (Å²) in [6.45, 7) is 0. The molecule has 4 N–H and O–H groups in total. The van der Waals surface area contributed by atoms with E-state index in [9.17, 15) is 4.79 Å². The van der Waals surface area contributed by atoms with Crippen LogP contribution in [0.3, 0.4) is 0 Å². The molecule has 0 aliphatic carbocycles. The standard InChI is InChI=1S/C9H9N3O2S2/c10-9-11-6(4-15-9)7-2-1-5(16-7)3-8(13)12-14/h1-2,4,14H,3H2,(H2,10,11)(H,12,13). The van der Waals surface area contributed by atoms with E-state index in [0.717, 1.165) is 15.4 Å². The van der Waals surface area contributed by atoms with E-state index < -0.39 is 5.91 Å². The van der Waals surface area contributed by atoms with Crippen LogP contribution in [-0.2, 0) is 11.2 Å². The lowest BCUT2D eigenvalue weighted by Crippen LogP contribution is -2.20. The molecule has 0 unspecified atom stereocenters. The van der Waals surface area contributed by atoms with Crippen LogP contribution in [0.2, 0.25) is 0 Å². The maximum Gasteiger partial charge on any atom is 0.248 e. The number of carbonyl (C=O) groups is 1. The number of anilines is 1. The fraction of sp³-hybridized carbons (Fsp3) is 0.111. The Balaban J connectivity index is 2.16. The van der Waals surface area contributed by atoms with Gasteiger partial charge in [-0.25, -0.2) is 10.5 Å². The van der Waals surface area contributed by atoms with Crippen molar-refractivity contribution in [2.45, 2.75) is 6.42 Å². The van der Waals surface area contributed by atoms with Crippen molar-refractivity contribution in [1.82, 2.24) is 10.5 Å². The summed E-state index contributed by atoms with van der Waals surface area (Å²) in [7, 11) is 0. The van der Waals surface area contributed by atoms with E-state index >= 15 is 0 Å². The lowest BCUT2D eigenvalue weighted by molar-refractivity contribution is -0.128. The number of carbonyl (C=O) groups excluding carboxylic acids is 1. The summed E-state index contributed by atoms with van der Waals surface area (Å²) in [5.41, 5.74) is 7.96. The number of amides is 1. The lowest BCUT2D eigenvalue weighted by Gasteiger charge is -1.93. The fourth-order valence-corrected chi connectivity index (χ4v) is 2.81. The van der Waals surface area contributed by atoms with Crippen molar-refractivity contribution in [3.8, 4) is 10.6 Å². The minimum atomic E-state index is -0.425. The predicted molar refractivity (Wildman–Crippen MR) is 63.5 cm³/mol. The quantitative estimate of drug-likeness (QED) is 0.573. The third-order valence-corrected chi connectivity index (χ3v) is 3.68. The first-order chi connectivity index (χ1) is 7.69. The van der Waals surface area contributed by atoms with Gasteiger partial charge in [0.25, 0.3) is 0 Å². The molecule has 84 valence electrons. The number of hydroxylamine groups is 1. The van der Waals surface area contributed by atoms with E-state index in [4.69, 9.17) is 10.9 Å². The van der Waals surface area contributed by atoms with Crippen LogP contribution in [0, 0.1) is 0 Å². The molecule has 0 spiro atoms. The van der Waals surface area contributed by atoms with Gasteiger partial charge in [0, 0.05) is 10.3 Å². The maximum absolute atomic E-state index is 10.9. The Hall–Kier alpha value is -1.44. The van der Waals surface area contributed by atoms with Gasteiger partial charge in [0.2, 0.25) is 5.91 Å². The molecule has 2 heterocycles. The van der Waals surface area contributed by atoms with Gasteiger partial charge < -0.3 is 5.73 Å². The van der Waals surface area contributed by atoms with Crippen molar-refractivity contribution in [2.75, 3.05) is 5.73 Å². The van der Waals surface area contributed by atoms with E-state index in [2.05, 4.69) is 4.98 Å². The molecule has 0 atom stereocenters. The Kier molecular flexibility index (Phi) is 3.18. The van der Waals surface area contributed by atoms with E-state index in [0.29, 0.717) is 5.13 Å². The summed E-state index contributed by atoms with van der Waals surface area (Å²) in [6.07, 6.45) is 0.167. The predicted octanol–water partition coefficient (Wildman–Crippen LogP) is 1.50. The summed E-state index contributed by atoms with van der Waals surface area (Å²) in [4.78, 5) is 16.9.